The monoisotopic (exact) mass is 524 g/mol. The summed E-state index contributed by atoms with van der Waals surface area (Å²) >= 11 is 1.88. The Morgan fingerprint density at radius 2 is 1.61 bits per heavy atom. The quantitative estimate of drug-likeness (QED) is 0.274. The Bertz CT molecular complexity index is 1390. The number of aromatic nitrogens is 2. The molecular formula is C32H36N4OS. The number of fused-ring (bicyclic) bond motifs is 3. The second-order valence-electron chi connectivity index (χ2n) is 10.6. The third-order valence-electron chi connectivity index (χ3n) is 8.10. The van der Waals surface area contributed by atoms with Crippen molar-refractivity contribution in [2.45, 2.75) is 57.8 Å². The average molecular weight is 525 g/mol. The van der Waals surface area contributed by atoms with Crippen LogP contribution < -0.4 is 4.90 Å². The zero-order valence-electron chi connectivity index (χ0n) is 22.2. The van der Waals surface area contributed by atoms with Crippen molar-refractivity contribution in [3.8, 4) is 0 Å². The molecule has 196 valence electrons. The number of piperazine rings is 1. The zero-order valence-corrected chi connectivity index (χ0v) is 23.1. The van der Waals surface area contributed by atoms with E-state index in [4.69, 9.17) is 9.97 Å². The van der Waals surface area contributed by atoms with E-state index in [0.29, 0.717) is 0 Å². The first-order valence-corrected chi connectivity index (χ1v) is 15.0. The number of nitrogens with zero attached hydrogens (tertiary/aromatic N) is 4. The van der Waals surface area contributed by atoms with Gasteiger partial charge in [-0.05, 0) is 48.8 Å². The van der Waals surface area contributed by atoms with Crippen LogP contribution in [0.15, 0.2) is 60.7 Å². The molecule has 2 aromatic heterocycles. The third kappa shape index (κ3) is 5.06. The molecule has 0 spiro atoms. The molecule has 3 heterocycles. The number of aryl methyl sites for hydroxylation is 2. The van der Waals surface area contributed by atoms with Crippen molar-refractivity contribution in [1.29, 1.82) is 0 Å². The molecule has 1 aliphatic heterocycles. The summed E-state index contributed by atoms with van der Waals surface area (Å²) in [6, 6.07) is 20.7. The van der Waals surface area contributed by atoms with Gasteiger partial charge in [-0.3, -0.25) is 4.79 Å². The minimum atomic E-state index is -0.0707. The number of hydrogen-bond acceptors (Lipinski definition) is 5. The van der Waals surface area contributed by atoms with Crippen LogP contribution in [0.4, 0.5) is 5.82 Å². The minimum Gasteiger partial charge on any atom is -0.352 e. The highest BCUT2D eigenvalue weighted by Crippen LogP contribution is 2.39. The van der Waals surface area contributed by atoms with E-state index in [9.17, 15) is 4.79 Å². The first-order valence-electron chi connectivity index (χ1n) is 14.1. The molecule has 0 unspecified atom stereocenters. The van der Waals surface area contributed by atoms with Crippen molar-refractivity contribution in [1.82, 2.24) is 14.9 Å². The van der Waals surface area contributed by atoms with Gasteiger partial charge in [-0.2, -0.15) is 0 Å². The van der Waals surface area contributed by atoms with Crippen LogP contribution in [0.25, 0.3) is 10.2 Å². The molecule has 38 heavy (non-hydrogen) atoms. The van der Waals surface area contributed by atoms with Crippen molar-refractivity contribution in [3.63, 3.8) is 0 Å². The maximum Gasteiger partial charge on any atom is 0.230 e. The zero-order chi connectivity index (χ0) is 25.9. The van der Waals surface area contributed by atoms with Crippen LogP contribution in [0, 0.1) is 0 Å². The fourth-order valence-corrected chi connectivity index (χ4v) is 7.32. The topological polar surface area (TPSA) is 49.3 Å². The smallest absolute Gasteiger partial charge is 0.230 e. The van der Waals surface area contributed by atoms with E-state index in [1.807, 2.05) is 29.5 Å². The van der Waals surface area contributed by atoms with Gasteiger partial charge in [0.15, 0.2) is 0 Å². The second kappa shape index (κ2) is 11.2. The van der Waals surface area contributed by atoms with Crippen molar-refractivity contribution in [3.05, 3.63) is 88.1 Å². The average Bonchev–Trinajstić information content (AvgIpc) is 3.14. The lowest BCUT2D eigenvalue weighted by Crippen LogP contribution is -2.50. The summed E-state index contributed by atoms with van der Waals surface area (Å²) in [5, 5.41) is 1.28. The van der Waals surface area contributed by atoms with Gasteiger partial charge < -0.3 is 9.80 Å². The molecule has 1 amide bonds. The number of benzene rings is 2. The molecule has 1 aliphatic carbocycles. The summed E-state index contributed by atoms with van der Waals surface area (Å²) in [6.07, 6.45) is 7.64. The number of rotatable bonds is 6. The predicted molar refractivity (Wildman–Crippen MR) is 156 cm³/mol. The third-order valence-corrected chi connectivity index (χ3v) is 9.28. The molecule has 0 saturated carbocycles. The number of thiophene rings is 1. The predicted octanol–water partition coefficient (Wildman–Crippen LogP) is 6.39. The normalized spacial score (nSPS) is 16.8. The summed E-state index contributed by atoms with van der Waals surface area (Å²) in [5.74, 6) is 2.16. The first-order chi connectivity index (χ1) is 18.7. The van der Waals surface area contributed by atoms with Crippen LogP contribution in [0.3, 0.4) is 0 Å². The van der Waals surface area contributed by atoms with E-state index in [0.717, 1.165) is 73.9 Å². The van der Waals surface area contributed by atoms with Gasteiger partial charge in [-0.1, -0.05) is 74.0 Å². The lowest BCUT2D eigenvalue weighted by molar-refractivity contribution is -0.133. The molecule has 1 fully saturated rings. The van der Waals surface area contributed by atoms with E-state index in [-0.39, 0.29) is 11.8 Å². The SMILES string of the molecule is CC[C@@H](C(=O)N1CCN(c2nc(Cc3ccccc3)nc3sc4c(c23)CCCCC4)CC1)c1ccccc1. The molecule has 0 N–H and O–H groups in total. The van der Waals surface area contributed by atoms with Crippen LogP contribution in [-0.2, 0) is 24.1 Å². The maximum atomic E-state index is 13.5. The lowest BCUT2D eigenvalue weighted by atomic mass is 9.95. The van der Waals surface area contributed by atoms with E-state index in [1.54, 1.807) is 0 Å². The highest BCUT2D eigenvalue weighted by Gasteiger charge is 2.30. The maximum absolute atomic E-state index is 13.5. The molecule has 6 heteroatoms. The molecule has 2 aliphatic rings. The Morgan fingerprint density at radius 1 is 0.895 bits per heavy atom. The van der Waals surface area contributed by atoms with Gasteiger partial charge in [-0.15, -0.1) is 11.3 Å². The summed E-state index contributed by atoms with van der Waals surface area (Å²) in [6.45, 7) is 5.18. The summed E-state index contributed by atoms with van der Waals surface area (Å²) in [7, 11) is 0. The van der Waals surface area contributed by atoms with Crippen molar-refractivity contribution in [2.75, 3.05) is 31.1 Å². The van der Waals surface area contributed by atoms with E-state index < -0.39 is 0 Å². The fourth-order valence-electron chi connectivity index (χ4n) is 6.04. The molecule has 5 nitrogen and oxygen atoms in total. The minimum absolute atomic E-state index is 0.0707. The lowest BCUT2D eigenvalue weighted by Gasteiger charge is -2.37. The van der Waals surface area contributed by atoms with Crippen LogP contribution in [-0.4, -0.2) is 47.0 Å². The van der Waals surface area contributed by atoms with Crippen molar-refractivity contribution in [2.24, 2.45) is 0 Å². The molecule has 1 saturated heterocycles. The van der Waals surface area contributed by atoms with E-state index in [2.05, 4.69) is 59.2 Å². The van der Waals surface area contributed by atoms with E-state index in [1.165, 1.54) is 40.7 Å². The van der Waals surface area contributed by atoms with Gasteiger partial charge in [0, 0.05) is 37.5 Å². The van der Waals surface area contributed by atoms with Crippen molar-refractivity contribution >= 4 is 33.3 Å². The van der Waals surface area contributed by atoms with Crippen LogP contribution in [0.5, 0.6) is 0 Å². The second-order valence-corrected chi connectivity index (χ2v) is 11.6. The number of anilines is 1. The molecule has 6 rings (SSSR count). The largest absolute Gasteiger partial charge is 0.352 e. The molecule has 2 aromatic carbocycles. The summed E-state index contributed by atoms with van der Waals surface area (Å²) in [5.41, 5.74) is 3.83. The Hall–Kier alpha value is -3.25. The van der Waals surface area contributed by atoms with Gasteiger partial charge in [0.25, 0.3) is 0 Å². The highest BCUT2D eigenvalue weighted by atomic mass is 32.1. The van der Waals surface area contributed by atoms with Gasteiger partial charge >= 0.3 is 0 Å². The molecule has 0 radical (unpaired) electrons. The molecular weight excluding hydrogens is 488 g/mol. The number of hydrogen-bond donors (Lipinski definition) is 0. The molecule has 1 atom stereocenters. The van der Waals surface area contributed by atoms with E-state index >= 15 is 0 Å². The number of carbonyl (C=O) groups is 1. The highest BCUT2D eigenvalue weighted by molar-refractivity contribution is 7.19. The van der Waals surface area contributed by atoms with Crippen LogP contribution in [0.1, 0.15) is 65.9 Å². The Balaban J connectivity index is 1.29. The molecule has 0 bridgehead atoms. The Kier molecular flexibility index (Phi) is 7.41. The Labute approximate surface area is 229 Å². The molecule has 4 aromatic rings. The Morgan fingerprint density at radius 3 is 2.34 bits per heavy atom. The summed E-state index contributed by atoms with van der Waals surface area (Å²) in [4.78, 5) is 31.0. The summed E-state index contributed by atoms with van der Waals surface area (Å²) < 4.78 is 0. The van der Waals surface area contributed by atoms with Gasteiger partial charge in [0.05, 0.1) is 11.3 Å². The number of carbonyl (C=O) groups excluding carboxylic acids is 1. The van der Waals surface area contributed by atoms with Gasteiger partial charge in [0.1, 0.15) is 16.5 Å². The number of amides is 1. The fraction of sp³-hybridized carbons (Fsp3) is 0.406. The van der Waals surface area contributed by atoms with Crippen LogP contribution >= 0.6 is 11.3 Å². The van der Waals surface area contributed by atoms with Gasteiger partial charge in [-0.25, -0.2) is 9.97 Å². The van der Waals surface area contributed by atoms with Crippen LogP contribution in [0.2, 0.25) is 0 Å². The van der Waals surface area contributed by atoms with Gasteiger partial charge in [0.2, 0.25) is 5.91 Å². The van der Waals surface area contributed by atoms with Crippen molar-refractivity contribution < 1.29 is 4.79 Å². The first kappa shape index (κ1) is 25.1. The standard InChI is InChI=1S/C32H36N4OS/c1-2-25(24-14-8-4-9-15-24)32(37)36-20-18-35(19-21-36)30-29-26-16-10-5-11-17-27(26)38-31(29)34-28(33-30)22-23-12-6-3-7-13-23/h3-4,6-9,12-15,25H,2,5,10-11,16-22H2,1H3/t25-/m1/s1.